The molecule has 0 radical (unpaired) electrons. The van der Waals surface area contributed by atoms with Gasteiger partial charge in [-0.2, -0.15) is 0 Å². The Labute approximate surface area is 141 Å². The molecule has 1 aliphatic heterocycles. The third-order valence-corrected chi connectivity index (χ3v) is 4.33. The van der Waals surface area contributed by atoms with E-state index in [4.69, 9.17) is 0 Å². The quantitative estimate of drug-likeness (QED) is 0.776. The molecule has 3 aromatic rings. The topological polar surface area (TPSA) is 66.3 Å². The van der Waals surface area contributed by atoms with Crippen LogP contribution in [0.25, 0.3) is 10.9 Å². The van der Waals surface area contributed by atoms with E-state index < -0.39 is 28.7 Å². The summed E-state index contributed by atoms with van der Waals surface area (Å²) in [6.07, 6.45) is 3.22. The zero-order chi connectivity index (χ0) is 17.6. The Balaban J connectivity index is 1.57. The van der Waals surface area contributed by atoms with Gasteiger partial charge in [-0.15, -0.1) is 0 Å². The van der Waals surface area contributed by atoms with Crippen LogP contribution >= 0.6 is 0 Å². The smallest absolute Gasteiger partial charge is 0.272 e. The number of aromatic nitrogens is 2. The van der Waals surface area contributed by atoms with Crippen molar-refractivity contribution in [2.45, 2.75) is 5.60 Å². The molecule has 25 heavy (non-hydrogen) atoms. The second kappa shape index (κ2) is 5.56. The second-order valence-electron chi connectivity index (χ2n) is 6.05. The minimum absolute atomic E-state index is 0.195. The summed E-state index contributed by atoms with van der Waals surface area (Å²) < 4.78 is 27.7. The van der Waals surface area contributed by atoms with Crippen LogP contribution in [0.1, 0.15) is 16.1 Å². The molecule has 0 atom stereocenters. The average molecular weight is 341 g/mol. The summed E-state index contributed by atoms with van der Waals surface area (Å²) in [6, 6.07) is 8.37. The number of hydrogen-bond donors (Lipinski definition) is 1. The third kappa shape index (κ3) is 2.53. The lowest BCUT2D eigenvalue weighted by Crippen LogP contribution is -2.62. The average Bonchev–Trinajstić information content (AvgIpc) is 2.58. The lowest BCUT2D eigenvalue weighted by Gasteiger charge is -2.46. The molecule has 5 nitrogen and oxygen atoms in total. The highest BCUT2D eigenvalue weighted by Gasteiger charge is 2.48. The van der Waals surface area contributed by atoms with Gasteiger partial charge in [-0.05, 0) is 30.3 Å². The first kappa shape index (κ1) is 15.6. The number of hydrogen-bond acceptors (Lipinski definition) is 4. The van der Waals surface area contributed by atoms with E-state index in [-0.39, 0.29) is 18.8 Å². The lowest BCUT2D eigenvalue weighted by molar-refractivity contribution is -0.0907. The molecule has 1 fully saturated rings. The number of amides is 1. The highest BCUT2D eigenvalue weighted by Crippen LogP contribution is 2.35. The number of likely N-dealkylation sites (tertiary alicyclic amines) is 1. The van der Waals surface area contributed by atoms with E-state index in [0.29, 0.717) is 5.52 Å². The fourth-order valence-electron chi connectivity index (χ4n) is 3.08. The Bertz CT molecular complexity index is 967. The Morgan fingerprint density at radius 3 is 2.56 bits per heavy atom. The summed E-state index contributed by atoms with van der Waals surface area (Å²) in [5.41, 5.74) is -1.31. The number of benzene rings is 1. The molecule has 1 amide bonds. The van der Waals surface area contributed by atoms with Crippen LogP contribution in [-0.2, 0) is 5.60 Å². The van der Waals surface area contributed by atoms with E-state index in [2.05, 4.69) is 9.97 Å². The molecule has 0 saturated carbocycles. The summed E-state index contributed by atoms with van der Waals surface area (Å²) in [4.78, 5) is 22.1. The van der Waals surface area contributed by atoms with Gasteiger partial charge in [0.2, 0.25) is 0 Å². The van der Waals surface area contributed by atoms with Gasteiger partial charge in [0.05, 0.1) is 24.2 Å². The predicted molar refractivity (Wildman–Crippen MR) is 85.7 cm³/mol. The van der Waals surface area contributed by atoms with Gasteiger partial charge in [0.15, 0.2) is 0 Å². The molecule has 0 aliphatic carbocycles. The van der Waals surface area contributed by atoms with Crippen LogP contribution in [0, 0.1) is 11.6 Å². The van der Waals surface area contributed by atoms with Gasteiger partial charge in [-0.1, -0.05) is 6.07 Å². The number of pyridine rings is 2. The summed E-state index contributed by atoms with van der Waals surface area (Å²) in [6.45, 7) is -0.389. The monoisotopic (exact) mass is 341 g/mol. The van der Waals surface area contributed by atoms with Crippen molar-refractivity contribution in [2.75, 3.05) is 13.1 Å². The lowest BCUT2D eigenvalue weighted by atomic mass is 9.85. The number of β-amino-alcohol motifs (C(OH)–C–C–N with tert-alkyl or cyclic N) is 1. The SMILES string of the molecule is O=C(c1ccc2cnccc2n1)N1CC(O)(c2c(F)cccc2F)C1. The van der Waals surface area contributed by atoms with Crippen LogP contribution in [0.5, 0.6) is 0 Å². The van der Waals surface area contributed by atoms with Crippen LogP contribution in [0.4, 0.5) is 8.78 Å². The summed E-state index contributed by atoms with van der Waals surface area (Å²) >= 11 is 0. The van der Waals surface area contributed by atoms with Crippen molar-refractivity contribution in [3.05, 3.63) is 71.7 Å². The molecule has 1 N–H and O–H groups in total. The summed E-state index contributed by atoms with van der Waals surface area (Å²) in [7, 11) is 0. The van der Waals surface area contributed by atoms with Crippen LogP contribution in [-0.4, -0.2) is 39.0 Å². The van der Waals surface area contributed by atoms with E-state index in [9.17, 15) is 18.7 Å². The van der Waals surface area contributed by atoms with E-state index >= 15 is 0 Å². The van der Waals surface area contributed by atoms with Gasteiger partial charge >= 0.3 is 0 Å². The molecular weight excluding hydrogens is 328 g/mol. The molecule has 126 valence electrons. The standard InChI is InChI=1S/C18H13F2N3O2/c19-12-2-1-3-13(20)16(12)18(25)9-23(10-18)17(24)15-5-4-11-8-21-7-6-14(11)22-15/h1-8,25H,9-10H2. The van der Waals surface area contributed by atoms with Crippen LogP contribution in [0.15, 0.2) is 48.8 Å². The van der Waals surface area contributed by atoms with Gasteiger partial charge in [0.25, 0.3) is 5.91 Å². The first-order valence-corrected chi connectivity index (χ1v) is 7.65. The molecule has 1 aliphatic rings. The molecule has 1 saturated heterocycles. The zero-order valence-electron chi connectivity index (χ0n) is 13.0. The fraction of sp³-hybridized carbons (Fsp3) is 0.167. The van der Waals surface area contributed by atoms with E-state index in [0.717, 1.165) is 17.5 Å². The Hall–Kier alpha value is -2.93. The molecular formula is C18H13F2N3O2. The Morgan fingerprint density at radius 1 is 1.12 bits per heavy atom. The summed E-state index contributed by atoms with van der Waals surface area (Å²) in [5.74, 6) is -2.06. The molecule has 7 heteroatoms. The number of rotatable bonds is 2. The molecule has 3 heterocycles. The highest BCUT2D eigenvalue weighted by atomic mass is 19.1. The van der Waals surface area contributed by atoms with Crippen molar-refractivity contribution in [2.24, 2.45) is 0 Å². The minimum Gasteiger partial charge on any atom is -0.381 e. The van der Waals surface area contributed by atoms with Crippen molar-refractivity contribution >= 4 is 16.8 Å². The molecule has 2 aromatic heterocycles. The van der Waals surface area contributed by atoms with Crippen molar-refractivity contribution in [1.82, 2.24) is 14.9 Å². The number of aliphatic hydroxyl groups is 1. The maximum atomic E-state index is 13.9. The van der Waals surface area contributed by atoms with Gasteiger partial charge in [0.1, 0.15) is 22.9 Å². The number of nitrogens with zero attached hydrogens (tertiary/aromatic N) is 3. The fourth-order valence-corrected chi connectivity index (χ4v) is 3.08. The highest BCUT2D eigenvalue weighted by molar-refractivity contribution is 5.95. The normalized spacial score (nSPS) is 15.9. The van der Waals surface area contributed by atoms with E-state index in [1.807, 2.05) is 0 Å². The minimum atomic E-state index is -1.73. The first-order chi connectivity index (χ1) is 12.0. The predicted octanol–water partition coefficient (Wildman–Crippen LogP) is 2.25. The van der Waals surface area contributed by atoms with Gasteiger partial charge in [0, 0.05) is 17.8 Å². The molecule has 4 rings (SSSR count). The van der Waals surface area contributed by atoms with E-state index in [1.54, 1.807) is 30.6 Å². The number of fused-ring (bicyclic) bond motifs is 1. The van der Waals surface area contributed by atoms with Gasteiger partial charge in [-0.25, -0.2) is 13.8 Å². The van der Waals surface area contributed by atoms with Crippen LogP contribution in [0.2, 0.25) is 0 Å². The first-order valence-electron chi connectivity index (χ1n) is 7.65. The van der Waals surface area contributed by atoms with Crippen LogP contribution in [0.3, 0.4) is 0 Å². The molecule has 1 aromatic carbocycles. The summed E-state index contributed by atoms with van der Waals surface area (Å²) in [5, 5.41) is 11.3. The molecule has 0 spiro atoms. The number of carbonyl (C=O) groups is 1. The van der Waals surface area contributed by atoms with Crippen molar-refractivity contribution in [3.8, 4) is 0 Å². The van der Waals surface area contributed by atoms with Crippen molar-refractivity contribution in [3.63, 3.8) is 0 Å². The van der Waals surface area contributed by atoms with E-state index in [1.165, 1.54) is 11.0 Å². The van der Waals surface area contributed by atoms with Crippen molar-refractivity contribution in [1.29, 1.82) is 0 Å². The molecule has 0 bridgehead atoms. The maximum Gasteiger partial charge on any atom is 0.272 e. The largest absolute Gasteiger partial charge is 0.381 e. The second-order valence-corrected chi connectivity index (χ2v) is 6.05. The third-order valence-electron chi connectivity index (χ3n) is 4.33. The zero-order valence-corrected chi connectivity index (χ0v) is 13.0. The van der Waals surface area contributed by atoms with Gasteiger partial charge in [-0.3, -0.25) is 9.78 Å². The van der Waals surface area contributed by atoms with Crippen LogP contribution < -0.4 is 0 Å². The Morgan fingerprint density at radius 2 is 1.84 bits per heavy atom. The number of carbonyl (C=O) groups excluding carboxylic acids is 1. The Kier molecular flexibility index (Phi) is 3.47. The van der Waals surface area contributed by atoms with Gasteiger partial charge < -0.3 is 10.0 Å². The maximum absolute atomic E-state index is 13.9. The molecule has 0 unspecified atom stereocenters. The van der Waals surface area contributed by atoms with Crippen molar-refractivity contribution < 1.29 is 18.7 Å². The number of halogens is 2.